The zero-order chi connectivity index (χ0) is 2.00. The second-order valence-electron chi connectivity index (χ2n) is 0. The minimum atomic E-state index is 0. The Bertz CT molecular complexity index is 14.0. The Morgan fingerprint density at radius 1 is 0.625 bits per heavy atom. The van der Waals surface area contributed by atoms with Gasteiger partial charge in [0.05, 0.1) is 0 Å². The van der Waals surface area contributed by atoms with E-state index in [0.29, 0.717) is 0 Å². The van der Waals surface area contributed by atoms with E-state index >= 15 is 0 Å². The molecule has 0 aromatic carbocycles. The van der Waals surface area contributed by atoms with Crippen molar-refractivity contribution in [3.63, 3.8) is 0 Å². The monoisotopic (exact) mass is 200 g/mol. The van der Waals surface area contributed by atoms with E-state index in [1.807, 2.05) is 0 Å². The van der Waals surface area contributed by atoms with Gasteiger partial charge in [0.2, 0.25) is 0 Å². The Kier molecular flexibility index (Phi) is 5780. The molecule has 0 N–H and O–H groups in total. The summed E-state index contributed by atoms with van der Waals surface area (Å²) in [5, 5.41) is 0. The van der Waals surface area contributed by atoms with Gasteiger partial charge in [-0.2, -0.15) is 0 Å². The number of rotatable bonds is 0. The average molecular weight is 201 g/mol. The molecule has 0 aliphatic rings. The summed E-state index contributed by atoms with van der Waals surface area (Å²) in [6.45, 7) is 0. The first-order chi connectivity index (χ1) is 1.00. The molecule has 0 aliphatic heterocycles. The van der Waals surface area contributed by atoms with Crippen molar-refractivity contribution < 1.29 is 23.7 Å². The van der Waals surface area contributed by atoms with Gasteiger partial charge in [0.25, 0.3) is 0 Å². The standard InChI is InChI=1S/4CH4.2ClH.O.Ti/h4*1H4;2*1H;;. The molecule has 0 atom stereocenters. The van der Waals surface area contributed by atoms with E-state index in [4.69, 9.17) is 3.32 Å². The van der Waals surface area contributed by atoms with E-state index in [1.54, 1.807) is 0 Å². The fraction of sp³-hybridized carbons (Fsp3) is 1.00. The van der Waals surface area contributed by atoms with Crippen LogP contribution < -0.4 is 0 Å². The molecule has 1 nitrogen and oxygen atoms in total. The molecular formula is C4H18Cl2OTi. The fourth-order valence-corrected chi connectivity index (χ4v) is 0. The van der Waals surface area contributed by atoms with Gasteiger partial charge in [0.1, 0.15) is 0 Å². The van der Waals surface area contributed by atoms with Gasteiger partial charge in [0, 0.05) is 0 Å². The summed E-state index contributed by atoms with van der Waals surface area (Å²) in [5.41, 5.74) is 0. The Morgan fingerprint density at radius 2 is 0.625 bits per heavy atom. The van der Waals surface area contributed by atoms with Gasteiger partial charge >= 0.3 is 23.7 Å². The summed E-state index contributed by atoms with van der Waals surface area (Å²) in [7, 11) is 0. The van der Waals surface area contributed by atoms with E-state index in [-0.39, 0.29) is 54.5 Å². The number of hydrogen-bond donors (Lipinski definition) is 0. The van der Waals surface area contributed by atoms with E-state index < -0.39 is 0 Å². The van der Waals surface area contributed by atoms with Gasteiger partial charge in [-0.05, 0) is 0 Å². The van der Waals surface area contributed by atoms with Gasteiger partial charge in [-0.25, -0.2) is 0 Å². The van der Waals surface area contributed by atoms with E-state index in [2.05, 4.69) is 0 Å². The molecule has 0 amide bonds. The van der Waals surface area contributed by atoms with Crippen molar-refractivity contribution in [3.8, 4) is 0 Å². The molecule has 4 heteroatoms. The third kappa shape index (κ3) is 220. The molecule has 58 valence electrons. The molecule has 0 bridgehead atoms. The summed E-state index contributed by atoms with van der Waals surface area (Å²) in [5.74, 6) is 0. The molecule has 0 saturated heterocycles. The van der Waals surface area contributed by atoms with Crippen molar-refractivity contribution in [1.82, 2.24) is 0 Å². The first kappa shape index (κ1) is 136. The summed E-state index contributed by atoms with van der Waals surface area (Å²) in [4.78, 5) is 0. The van der Waals surface area contributed by atoms with Gasteiger partial charge in [-0.3, -0.25) is 0 Å². The van der Waals surface area contributed by atoms with Crippen LogP contribution in [0.5, 0.6) is 0 Å². The number of halogens is 2. The van der Waals surface area contributed by atoms with E-state index in [9.17, 15) is 0 Å². The van der Waals surface area contributed by atoms with Crippen LogP contribution >= 0.6 is 24.8 Å². The normalized spacial score (nSPS) is 0.375. The third-order valence-electron chi connectivity index (χ3n) is 0. The zero-order valence-corrected chi connectivity index (χ0v) is 4.92. The minimum absolute atomic E-state index is 0. The first-order valence-corrected chi connectivity index (χ1v) is 0.842. The molecule has 0 saturated carbocycles. The van der Waals surface area contributed by atoms with Crippen LogP contribution in [0.1, 0.15) is 29.7 Å². The second-order valence-corrected chi connectivity index (χ2v) is 0. The summed E-state index contributed by atoms with van der Waals surface area (Å²) in [6, 6.07) is 0. The quantitative estimate of drug-likeness (QED) is 0.549. The first-order valence-electron chi connectivity index (χ1n) is 0.204. The van der Waals surface area contributed by atoms with Gasteiger partial charge in [-0.15, -0.1) is 24.8 Å². The van der Waals surface area contributed by atoms with Crippen LogP contribution in [-0.4, -0.2) is 0 Å². The van der Waals surface area contributed by atoms with Crippen molar-refractivity contribution in [3.05, 3.63) is 0 Å². The van der Waals surface area contributed by atoms with Crippen LogP contribution in [0.25, 0.3) is 0 Å². The molecule has 0 aromatic rings. The Morgan fingerprint density at radius 3 is 0.625 bits per heavy atom. The van der Waals surface area contributed by atoms with Crippen LogP contribution in [0.15, 0.2) is 0 Å². The van der Waals surface area contributed by atoms with Crippen molar-refractivity contribution in [2.45, 2.75) is 29.7 Å². The van der Waals surface area contributed by atoms with Gasteiger partial charge in [-0.1, -0.05) is 29.7 Å². The van der Waals surface area contributed by atoms with E-state index in [1.165, 1.54) is 0 Å². The van der Waals surface area contributed by atoms with Gasteiger partial charge < -0.3 is 0 Å². The predicted octanol–water partition coefficient (Wildman–Crippen LogP) is 3.27. The Hall–Kier alpha value is 1.09. The maximum atomic E-state index is 8.25. The van der Waals surface area contributed by atoms with Crippen LogP contribution in [0, 0.1) is 0 Å². The molecule has 0 rings (SSSR count). The van der Waals surface area contributed by atoms with Crippen LogP contribution in [0.2, 0.25) is 0 Å². The SMILES string of the molecule is C.C.C.C.Cl.Cl.[O]=[Ti]. The van der Waals surface area contributed by atoms with Gasteiger partial charge in [0.15, 0.2) is 0 Å². The van der Waals surface area contributed by atoms with Crippen molar-refractivity contribution in [1.29, 1.82) is 0 Å². The molecule has 0 radical (unpaired) electrons. The number of hydrogen-bond acceptors (Lipinski definition) is 1. The molecule has 0 aliphatic carbocycles. The van der Waals surface area contributed by atoms with Crippen LogP contribution in [0.3, 0.4) is 0 Å². The Balaban J connectivity index is -0.000000000333. The molecule has 0 heterocycles. The Labute approximate surface area is 78.2 Å². The third-order valence-corrected chi connectivity index (χ3v) is 0. The van der Waals surface area contributed by atoms with E-state index in [0.717, 1.165) is 20.4 Å². The van der Waals surface area contributed by atoms with Crippen LogP contribution in [0.4, 0.5) is 0 Å². The summed E-state index contributed by atoms with van der Waals surface area (Å²) < 4.78 is 8.25. The summed E-state index contributed by atoms with van der Waals surface area (Å²) in [6.07, 6.45) is 0. The zero-order valence-electron chi connectivity index (χ0n) is 1.72. The predicted molar refractivity (Wildman–Crippen MR) is 42.1 cm³/mol. The van der Waals surface area contributed by atoms with Crippen molar-refractivity contribution in [2.75, 3.05) is 0 Å². The molecular weight excluding hydrogens is 183 g/mol. The molecule has 8 heavy (non-hydrogen) atoms. The molecule has 0 fully saturated rings. The van der Waals surface area contributed by atoms with Crippen molar-refractivity contribution in [2.24, 2.45) is 0 Å². The molecule has 0 unspecified atom stereocenters. The molecule has 0 spiro atoms. The second kappa shape index (κ2) is 340. The van der Waals surface area contributed by atoms with Crippen molar-refractivity contribution >= 4 is 24.8 Å². The topological polar surface area (TPSA) is 17.1 Å². The molecule has 0 aromatic heterocycles. The van der Waals surface area contributed by atoms with Crippen LogP contribution in [-0.2, 0) is 23.7 Å². The maximum absolute atomic E-state index is 8.25. The summed E-state index contributed by atoms with van der Waals surface area (Å²) >= 11 is 0.750. The fourth-order valence-electron chi connectivity index (χ4n) is 0. The average Bonchev–Trinajstić information content (AvgIpc) is 1.00.